The Bertz CT molecular complexity index is 1310. The van der Waals surface area contributed by atoms with Crippen LogP contribution in [0.4, 0.5) is 13.2 Å². The molecule has 0 amide bonds. The molecule has 1 spiro atoms. The third kappa shape index (κ3) is 3.86. The van der Waals surface area contributed by atoms with Crippen molar-refractivity contribution in [3.05, 3.63) is 71.6 Å². The molecule has 34 heavy (non-hydrogen) atoms. The first-order valence-electron chi connectivity index (χ1n) is 10.7. The number of alkyl halides is 1. The number of pyridine rings is 1. The van der Waals surface area contributed by atoms with Crippen LogP contribution in [0.3, 0.4) is 0 Å². The van der Waals surface area contributed by atoms with Gasteiger partial charge in [0.2, 0.25) is 5.95 Å². The van der Waals surface area contributed by atoms with Gasteiger partial charge in [-0.25, -0.2) is 13.8 Å². The molecule has 0 saturated carbocycles. The van der Waals surface area contributed by atoms with Gasteiger partial charge in [-0.3, -0.25) is 4.99 Å². The van der Waals surface area contributed by atoms with E-state index < -0.39 is 23.0 Å². The van der Waals surface area contributed by atoms with Crippen LogP contribution in [0, 0.1) is 11.8 Å². The van der Waals surface area contributed by atoms with Crippen molar-refractivity contribution in [3.8, 4) is 28.4 Å². The highest BCUT2D eigenvalue weighted by molar-refractivity contribution is 5.84. The van der Waals surface area contributed by atoms with Crippen molar-refractivity contribution in [2.75, 3.05) is 19.8 Å². The molecule has 0 unspecified atom stereocenters. The molecule has 2 N–H and O–H groups in total. The summed E-state index contributed by atoms with van der Waals surface area (Å²) in [6, 6.07) is 10.9. The minimum atomic E-state index is -1.62. The number of hydrogen-bond acceptors (Lipinski definition) is 6. The molecular formula is C25H22F3N3O3. The van der Waals surface area contributed by atoms with E-state index in [0.29, 0.717) is 22.4 Å². The molecule has 1 atom stereocenters. The number of rotatable bonds is 4. The Labute approximate surface area is 194 Å². The maximum absolute atomic E-state index is 15.2. The Kier molecular flexibility index (Phi) is 5.24. The maximum Gasteiger partial charge on any atom is 0.220 e. The first kappa shape index (κ1) is 22.2. The normalized spacial score (nSPS) is 19.1. The number of nitrogens with zero attached hydrogens (tertiary/aromatic N) is 2. The number of benzene rings is 2. The van der Waals surface area contributed by atoms with Crippen LogP contribution in [0.25, 0.3) is 11.1 Å². The fourth-order valence-electron chi connectivity index (χ4n) is 4.17. The molecule has 0 bridgehead atoms. The summed E-state index contributed by atoms with van der Waals surface area (Å²) < 4.78 is 60.8. The molecule has 3 aromatic rings. The highest BCUT2D eigenvalue weighted by Crippen LogP contribution is 2.52. The number of hydrogen-bond donors (Lipinski definition) is 1. The predicted molar refractivity (Wildman–Crippen MR) is 120 cm³/mol. The molecule has 0 saturated heterocycles. The van der Waals surface area contributed by atoms with Gasteiger partial charge in [-0.15, -0.1) is 0 Å². The average Bonchev–Trinajstić information content (AvgIpc) is 2.78. The monoisotopic (exact) mass is 469 g/mol. The lowest BCUT2D eigenvalue weighted by molar-refractivity contribution is 0.107. The van der Waals surface area contributed by atoms with Crippen LogP contribution in [0.15, 0.2) is 53.7 Å². The summed E-state index contributed by atoms with van der Waals surface area (Å²) in [5.41, 5.74) is 4.82. The van der Waals surface area contributed by atoms with E-state index in [-0.39, 0.29) is 42.7 Å². The number of aliphatic imine (C=N–C) groups is 1. The summed E-state index contributed by atoms with van der Waals surface area (Å²) in [7, 11) is 0. The largest absolute Gasteiger partial charge is 0.490 e. The fourth-order valence-corrected chi connectivity index (χ4v) is 4.17. The molecule has 9 heteroatoms. The first-order chi connectivity index (χ1) is 16.2. The minimum absolute atomic E-state index is 0.0353. The Balaban J connectivity index is 1.70. The predicted octanol–water partition coefficient (Wildman–Crippen LogP) is 4.89. The van der Waals surface area contributed by atoms with Crippen LogP contribution in [0.2, 0.25) is 0 Å². The van der Waals surface area contributed by atoms with Crippen LogP contribution in [-0.4, -0.2) is 36.3 Å². The van der Waals surface area contributed by atoms with Gasteiger partial charge in [0.05, 0.1) is 6.61 Å². The molecular weight excluding hydrogens is 447 g/mol. The molecule has 2 aromatic carbocycles. The van der Waals surface area contributed by atoms with Gasteiger partial charge in [0.15, 0.2) is 11.6 Å². The van der Waals surface area contributed by atoms with Crippen molar-refractivity contribution in [2.24, 2.45) is 10.7 Å². The van der Waals surface area contributed by atoms with Crippen molar-refractivity contribution in [1.29, 1.82) is 0 Å². The van der Waals surface area contributed by atoms with Crippen LogP contribution in [-0.2, 0) is 10.3 Å². The minimum Gasteiger partial charge on any atom is -0.490 e. The number of aromatic nitrogens is 1. The van der Waals surface area contributed by atoms with E-state index in [1.165, 1.54) is 20.0 Å². The van der Waals surface area contributed by atoms with E-state index in [1.807, 2.05) is 0 Å². The van der Waals surface area contributed by atoms with Gasteiger partial charge < -0.3 is 19.9 Å². The lowest BCUT2D eigenvalue weighted by Gasteiger charge is -2.39. The molecule has 0 aliphatic carbocycles. The first-order valence-corrected chi connectivity index (χ1v) is 10.7. The molecule has 2 aliphatic heterocycles. The topological polar surface area (TPSA) is 79.0 Å². The van der Waals surface area contributed by atoms with Gasteiger partial charge in [0.1, 0.15) is 41.8 Å². The zero-order chi connectivity index (χ0) is 24.1. The van der Waals surface area contributed by atoms with Gasteiger partial charge in [-0.2, -0.15) is 4.39 Å². The lowest BCUT2D eigenvalue weighted by Crippen LogP contribution is -2.42. The smallest absolute Gasteiger partial charge is 0.220 e. The van der Waals surface area contributed by atoms with Gasteiger partial charge >= 0.3 is 0 Å². The number of fused-ring (bicyclic) bond motifs is 4. The summed E-state index contributed by atoms with van der Waals surface area (Å²) in [5, 5.41) is 0. The van der Waals surface area contributed by atoms with E-state index in [4.69, 9.17) is 19.9 Å². The summed E-state index contributed by atoms with van der Waals surface area (Å²) in [6.07, 6.45) is 1.36. The molecule has 5 rings (SSSR count). The van der Waals surface area contributed by atoms with Gasteiger partial charge in [0.25, 0.3) is 0 Å². The van der Waals surface area contributed by atoms with E-state index in [9.17, 15) is 8.78 Å². The third-order valence-electron chi connectivity index (χ3n) is 5.65. The number of amidine groups is 1. The molecule has 0 radical (unpaired) electrons. The van der Waals surface area contributed by atoms with Crippen molar-refractivity contribution in [1.82, 2.24) is 4.98 Å². The standard InChI is InChI=1S/C25H22F3N3O3/c1-24(2,28)12-33-15-9-18-22(19(26)10-15)34-20-6-5-14(16-4-3-7-30-23(16)27)8-17(20)25(18)13-32-11-21(29)31-25/h3-10H,11-13H2,1-2H3,(H2,29,31)/t25-/m0/s1. The SMILES string of the molecule is CC(C)(F)COc1cc(F)c2c(c1)[C@]1(COCC(N)=N1)c1cc(-c3cccnc3F)ccc1O2. The quantitative estimate of drug-likeness (QED) is 0.551. The van der Waals surface area contributed by atoms with Gasteiger partial charge in [0, 0.05) is 29.0 Å². The summed E-state index contributed by atoms with van der Waals surface area (Å²) >= 11 is 0. The van der Waals surface area contributed by atoms with Crippen LogP contribution in [0.5, 0.6) is 17.2 Å². The summed E-state index contributed by atoms with van der Waals surface area (Å²) in [4.78, 5) is 8.40. The fraction of sp³-hybridized carbons (Fsp3) is 0.280. The number of nitrogens with two attached hydrogens (primary N) is 1. The second kappa shape index (κ2) is 8.02. The molecule has 2 aliphatic rings. The Morgan fingerprint density at radius 1 is 1.15 bits per heavy atom. The van der Waals surface area contributed by atoms with E-state index in [1.54, 1.807) is 36.4 Å². The van der Waals surface area contributed by atoms with Crippen molar-refractivity contribution < 1.29 is 27.4 Å². The zero-order valence-corrected chi connectivity index (χ0v) is 18.6. The van der Waals surface area contributed by atoms with E-state index >= 15 is 4.39 Å². The highest BCUT2D eigenvalue weighted by Gasteiger charge is 2.46. The Hall–Kier alpha value is -3.59. The summed E-state index contributed by atoms with van der Waals surface area (Å²) in [6.45, 7) is 2.60. The summed E-state index contributed by atoms with van der Waals surface area (Å²) in [5.74, 6) is -0.730. The maximum atomic E-state index is 15.2. The van der Waals surface area contributed by atoms with Crippen LogP contribution in [0.1, 0.15) is 25.0 Å². The van der Waals surface area contributed by atoms with Crippen LogP contribution < -0.4 is 15.2 Å². The second-order valence-corrected chi connectivity index (χ2v) is 8.90. The zero-order valence-electron chi connectivity index (χ0n) is 18.6. The lowest BCUT2D eigenvalue weighted by atomic mass is 9.79. The molecule has 3 heterocycles. The molecule has 1 aromatic heterocycles. The highest BCUT2D eigenvalue weighted by atomic mass is 19.1. The Morgan fingerprint density at radius 2 is 1.97 bits per heavy atom. The second-order valence-electron chi connectivity index (χ2n) is 8.90. The van der Waals surface area contributed by atoms with E-state index in [0.717, 1.165) is 6.07 Å². The van der Waals surface area contributed by atoms with E-state index in [2.05, 4.69) is 9.98 Å². The average molecular weight is 469 g/mol. The van der Waals surface area contributed by atoms with Crippen LogP contribution >= 0.6 is 0 Å². The molecule has 176 valence electrons. The third-order valence-corrected chi connectivity index (χ3v) is 5.65. The van der Waals surface area contributed by atoms with Gasteiger partial charge in [-0.1, -0.05) is 6.07 Å². The molecule has 6 nitrogen and oxygen atoms in total. The Morgan fingerprint density at radius 3 is 2.71 bits per heavy atom. The van der Waals surface area contributed by atoms with Crippen molar-refractivity contribution in [3.63, 3.8) is 0 Å². The number of halogens is 3. The van der Waals surface area contributed by atoms with Gasteiger partial charge in [-0.05, 0) is 49.7 Å². The van der Waals surface area contributed by atoms with Crippen molar-refractivity contribution in [2.45, 2.75) is 25.1 Å². The number of ether oxygens (including phenoxy) is 3. The van der Waals surface area contributed by atoms with Crippen molar-refractivity contribution >= 4 is 5.84 Å². The molecule has 0 fully saturated rings.